The maximum absolute atomic E-state index is 9.64. The van der Waals surface area contributed by atoms with Crippen molar-refractivity contribution in [2.75, 3.05) is 26.9 Å². The second-order valence-electron chi connectivity index (χ2n) is 4.10. The number of benzene rings is 1. The topological polar surface area (TPSA) is 47.9 Å². The molecule has 0 saturated heterocycles. The van der Waals surface area contributed by atoms with Gasteiger partial charge in [-0.25, -0.2) is 0 Å². The van der Waals surface area contributed by atoms with E-state index in [-0.39, 0.29) is 13.2 Å². The van der Waals surface area contributed by atoms with Crippen molar-refractivity contribution in [3.63, 3.8) is 0 Å². The lowest BCUT2D eigenvalue weighted by Crippen LogP contribution is -2.23. The number of aliphatic hydroxyl groups excluding tert-OH is 1. The van der Waals surface area contributed by atoms with E-state index in [0.717, 1.165) is 12.0 Å². The van der Waals surface area contributed by atoms with Crippen molar-refractivity contribution >= 4 is 0 Å². The fourth-order valence-electron chi connectivity index (χ4n) is 1.61. The predicted molar refractivity (Wildman–Crippen MR) is 74.9 cm³/mol. The van der Waals surface area contributed by atoms with Gasteiger partial charge in [-0.2, -0.15) is 0 Å². The molecule has 0 amide bonds. The maximum atomic E-state index is 9.64. The van der Waals surface area contributed by atoms with Crippen molar-refractivity contribution in [3.05, 3.63) is 36.4 Å². The minimum absolute atomic E-state index is 0.178. The molecule has 0 fully saturated rings. The second kappa shape index (κ2) is 8.56. The highest BCUT2D eigenvalue weighted by atomic mass is 16.5. The third kappa shape index (κ3) is 5.32. The van der Waals surface area contributed by atoms with Crippen LogP contribution in [0.25, 0.3) is 0 Å². The fraction of sp³-hybridized carbons (Fsp3) is 0.467. The molecule has 0 bridgehead atoms. The second-order valence-corrected chi connectivity index (χ2v) is 4.10. The summed E-state index contributed by atoms with van der Waals surface area (Å²) in [6.07, 6.45) is 1.97. The number of methoxy groups -OCH3 is 1. The van der Waals surface area contributed by atoms with E-state index in [1.165, 1.54) is 0 Å². The first-order chi connectivity index (χ1) is 9.21. The molecule has 4 nitrogen and oxygen atoms in total. The summed E-state index contributed by atoms with van der Waals surface area (Å²) in [5.41, 5.74) is 1.11. The number of hydrogen-bond donors (Lipinski definition) is 1. The van der Waals surface area contributed by atoms with Crippen LogP contribution in [0.3, 0.4) is 0 Å². The van der Waals surface area contributed by atoms with Gasteiger partial charge in [-0.3, -0.25) is 0 Å². The molecule has 106 valence electrons. The van der Waals surface area contributed by atoms with Crippen molar-refractivity contribution in [3.8, 4) is 11.5 Å². The lowest BCUT2D eigenvalue weighted by Gasteiger charge is -2.15. The highest BCUT2D eigenvalue weighted by Crippen LogP contribution is 2.28. The van der Waals surface area contributed by atoms with Crippen LogP contribution in [-0.2, 0) is 11.2 Å². The number of hydrogen-bond acceptors (Lipinski definition) is 4. The third-order valence-electron chi connectivity index (χ3n) is 2.55. The summed E-state index contributed by atoms with van der Waals surface area (Å²) in [6.45, 7) is 6.62. The van der Waals surface area contributed by atoms with Crippen LogP contribution >= 0.6 is 0 Å². The Morgan fingerprint density at radius 1 is 1.32 bits per heavy atom. The molecule has 0 aliphatic rings. The van der Waals surface area contributed by atoms with Crippen molar-refractivity contribution in [1.82, 2.24) is 0 Å². The molecule has 0 aliphatic heterocycles. The molecule has 1 N–H and O–H groups in total. The Bertz CT molecular complexity index is 390. The van der Waals surface area contributed by atoms with Crippen molar-refractivity contribution < 1.29 is 19.3 Å². The molecule has 4 heteroatoms. The van der Waals surface area contributed by atoms with Crippen LogP contribution < -0.4 is 9.47 Å². The molecule has 0 aromatic heterocycles. The summed E-state index contributed by atoms with van der Waals surface area (Å²) in [4.78, 5) is 0. The van der Waals surface area contributed by atoms with Crippen molar-refractivity contribution in [1.29, 1.82) is 0 Å². The zero-order chi connectivity index (χ0) is 14.1. The van der Waals surface area contributed by atoms with Crippen molar-refractivity contribution in [2.45, 2.75) is 19.4 Å². The number of allylic oxidation sites excluding steroid dienone is 1. The van der Waals surface area contributed by atoms with Crippen LogP contribution in [0.15, 0.2) is 30.9 Å². The molecule has 0 unspecified atom stereocenters. The molecule has 1 rings (SSSR count). The number of rotatable bonds is 9. The lowest BCUT2D eigenvalue weighted by molar-refractivity contribution is 0.0159. The fourth-order valence-corrected chi connectivity index (χ4v) is 1.61. The number of ether oxygens (including phenoxy) is 3. The standard InChI is InChI=1S/C15H22O4/c1-4-6-12-7-8-14(15(9-12)17-3)19-11-13(16)10-18-5-2/h4,7-9,13,16H,1,5-6,10-11H2,2-3H3/t13-/m0/s1. The average molecular weight is 266 g/mol. The van der Waals surface area contributed by atoms with Gasteiger partial charge in [0, 0.05) is 6.61 Å². The molecular weight excluding hydrogens is 244 g/mol. The summed E-state index contributed by atoms with van der Waals surface area (Å²) in [5, 5.41) is 9.64. The van der Waals surface area contributed by atoms with Crippen LogP contribution in [0.5, 0.6) is 11.5 Å². The van der Waals surface area contributed by atoms with E-state index in [1.807, 2.05) is 31.2 Å². The normalized spacial score (nSPS) is 11.9. The van der Waals surface area contributed by atoms with E-state index in [4.69, 9.17) is 14.2 Å². The first-order valence-corrected chi connectivity index (χ1v) is 6.37. The Labute approximate surface area is 114 Å². The van der Waals surface area contributed by atoms with E-state index in [2.05, 4.69) is 6.58 Å². The minimum Gasteiger partial charge on any atom is -0.493 e. The molecule has 0 aliphatic carbocycles. The summed E-state index contributed by atoms with van der Waals surface area (Å²) < 4.78 is 15.9. The highest BCUT2D eigenvalue weighted by Gasteiger charge is 2.09. The molecule has 0 heterocycles. The van der Waals surface area contributed by atoms with Gasteiger partial charge in [-0.1, -0.05) is 12.1 Å². The van der Waals surface area contributed by atoms with Gasteiger partial charge in [0.1, 0.15) is 12.7 Å². The molecule has 0 saturated carbocycles. The molecule has 19 heavy (non-hydrogen) atoms. The molecule has 0 spiro atoms. The van der Waals surface area contributed by atoms with Crippen LogP contribution in [0, 0.1) is 0 Å². The van der Waals surface area contributed by atoms with Gasteiger partial charge in [0.2, 0.25) is 0 Å². The minimum atomic E-state index is -0.641. The Balaban J connectivity index is 2.59. The highest BCUT2D eigenvalue weighted by molar-refractivity contribution is 5.43. The molecule has 0 radical (unpaired) electrons. The Morgan fingerprint density at radius 3 is 2.74 bits per heavy atom. The smallest absolute Gasteiger partial charge is 0.161 e. The molecule has 1 atom stereocenters. The molecular formula is C15H22O4. The predicted octanol–water partition coefficient (Wildman–Crippen LogP) is 2.20. The van der Waals surface area contributed by atoms with Gasteiger partial charge in [0.25, 0.3) is 0 Å². The first kappa shape index (κ1) is 15.5. The van der Waals surface area contributed by atoms with Gasteiger partial charge in [0.15, 0.2) is 11.5 Å². The summed E-state index contributed by atoms with van der Waals surface area (Å²) in [5.74, 6) is 1.27. The zero-order valence-corrected chi connectivity index (χ0v) is 11.6. The van der Waals surface area contributed by atoms with Crippen LogP contribution in [-0.4, -0.2) is 38.1 Å². The van der Waals surface area contributed by atoms with Gasteiger partial charge >= 0.3 is 0 Å². The summed E-state index contributed by atoms with van der Waals surface area (Å²) in [7, 11) is 1.59. The monoisotopic (exact) mass is 266 g/mol. The van der Waals surface area contributed by atoms with Gasteiger partial charge in [-0.05, 0) is 31.0 Å². The Morgan fingerprint density at radius 2 is 2.11 bits per heavy atom. The largest absolute Gasteiger partial charge is 0.493 e. The summed E-state index contributed by atoms with van der Waals surface area (Å²) >= 11 is 0. The lowest BCUT2D eigenvalue weighted by atomic mass is 10.1. The van der Waals surface area contributed by atoms with E-state index >= 15 is 0 Å². The maximum Gasteiger partial charge on any atom is 0.161 e. The Kier molecular flexibility index (Phi) is 7.00. The molecule has 1 aromatic rings. The summed E-state index contributed by atoms with van der Waals surface area (Å²) in [6, 6.07) is 5.70. The van der Waals surface area contributed by atoms with Crippen LogP contribution in [0.4, 0.5) is 0 Å². The third-order valence-corrected chi connectivity index (χ3v) is 2.55. The van der Waals surface area contributed by atoms with E-state index in [0.29, 0.717) is 18.1 Å². The van der Waals surface area contributed by atoms with Crippen LogP contribution in [0.1, 0.15) is 12.5 Å². The van der Waals surface area contributed by atoms with Crippen molar-refractivity contribution in [2.24, 2.45) is 0 Å². The Hall–Kier alpha value is -1.52. The number of aliphatic hydroxyl groups is 1. The average Bonchev–Trinajstić information content (AvgIpc) is 2.43. The van der Waals surface area contributed by atoms with E-state index < -0.39 is 6.10 Å². The molecule has 1 aromatic carbocycles. The van der Waals surface area contributed by atoms with Gasteiger partial charge < -0.3 is 19.3 Å². The quantitative estimate of drug-likeness (QED) is 0.696. The van der Waals surface area contributed by atoms with Gasteiger partial charge in [0.05, 0.1) is 13.7 Å². The van der Waals surface area contributed by atoms with Crippen LogP contribution in [0.2, 0.25) is 0 Å². The zero-order valence-electron chi connectivity index (χ0n) is 11.6. The SMILES string of the molecule is C=CCc1ccc(OC[C@@H](O)COCC)c(OC)c1. The first-order valence-electron chi connectivity index (χ1n) is 6.37. The van der Waals surface area contributed by atoms with E-state index in [1.54, 1.807) is 7.11 Å². The van der Waals surface area contributed by atoms with E-state index in [9.17, 15) is 5.11 Å². The van der Waals surface area contributed by atoms with Gasteiger partial charge in [-0.15, -0.1) is 6.58 Å².